The SMILES string of the molecule is CCN1CCN(c2cc(Nc3nc(N)c4scc(-c5cccc(NS(C)(=O)=O)c5)c4n3)ncn2)CC1. The van der Waals surface area contributed by atoms with E-state index in [1.54, 1.807) is 18.2 Å². The minimum absolute atomic E-state index is 0.325. The highest BCUT2D eigenvalue weighted by Gasteiger charge is 2.18. The summed E-state index contributed by atoms with van der Waals surface area (Å²) in [7, 11) is -3.39. The molecule has 0 spiro atoms. The molecule has 0 amide bonds. The van der Waals surface area contributed by atoms with Gasteiger partial charge in [-0.3, -0.25) is 4.72 Å². The normalized spacial score (nSPS) is 14.8. The van der Waals surface area contributed by atoms with E-state index in [1.165, 1.54) is 17.7 Å². The van der Waals surface area contributed by atoms with Crippen LogP contribution in [0.5, 0.6) is 0 Å². The lowest BCUT2D eigenvalue weighted by Gasteiger charge is -2.34. The molecule has 188 valence electrons. The van der Waals surface area contributed by atoms with Gasteiger partial charge < -0.3 is 20.9 Å². The second kappa shape index (κ2) is 9.84. The van der Waals surface area contributed by atoms with Crippen molar-refractivity contribution in [3.05, 3.63) is 42.0 Å². The lowest BCUT2D eigenvalue weighted by molar-refractivity contribution is 0.270. The number of hydrogen-bond acceptors (Lipinski definition) is 11. The first-order valence-electron chi connectivity index (χ1n) is 11.5. The van der Waals surface area contributed by atoms with E-state index in [0.29, 0.717) is 28.8 Å². The fraction of sp³-hybridized carbons (Fsp3) is 0.304. The van der Waals surface area contributed by atoms with Gasteiger partial charge in [0, 0.05) is 48.9 Å². The Hall–Kier alpha value is -3.55. The molecule has 1 saturated heterocycles. The fourth-order valence-electron chi connectivity index (χ4n) is 4.16. The van der Waals surface area contributed by atoms with Crippen LogP contribution in [0, 0.1) is 0 Å². The van der Waals surface area contributed by atoms with Crippen LogP contribution in [0.2, 0.25) is 0 Å². The Balaban J connectivity index is 1.42. The standard InChI is InChI=1S/C23H27N9O2S2/c1-3-31-7-9-32(10-8-31)19-12-18(25-14-26-19)27-23-28-20-17(13-35-21(20)22(24)29-23)15-5-4-6-16(11-15)30-36(2,33)34/h4-6,11-14,30H,3,7-10H2,1-2H3,(H3,24,25,26,27,28,29). The molecule has 1 fully saturated rings. The van der Waals surface area contributed by atoms with Crippen molar-refractivity contribution in [3.63, 3.8) is 0 Å². The molecule has 4 heterocycles. The maximum Gasteiger partial charge on any atom is 0.231 e. The summed E-state index contributed by atoms with van der Waals surface area (Å²) in [6, 6.07) is 9.04. The number of likely N-dealkylation sites (N-methyl/N-ethyl adjacent to an activating group) is 1. The Labute approximate surface area is 213 Å². The Bertz CT molecular complexity index is 1500. The Morgan fingerprint density at radius 1 is 1.11 bits per heavy atom. The number of anilines is 5. The highest BCUT2D eigenvalue weighted by molar-refractivity contribution is 7.92. The van der Waals surface area contributed by atoms with Crippen molar-refractivity contribution in [1.29, 1.82) is 0 Å². The number of hydrogen-bond donors (Lipinski definition) is 3. The van der Waals surface area contributed by atoms with Crippen LogP contribution < -0.4 is 20.7 Å². The third-order valence-electron chi connectivity index (χ3n) is 5.95. The predicted octanol–water partition coefficient (Wildman–Crippen LogP) is 2.99. The number of rotatable bonds is 7. The van der Waals surface area contributed by atoms with Gasteiger partial charge in [0.05, 0.1) is 16.5 Å². The van der Waals surface area contributed by atoms with Gasteiger partial charge in [-0.05, 0) is 24.2 Å². The lowest BCUT2D eigenvalue weighted by Crippen LogP contribution is -2.46. The van der Waals surface area contributed by atoms with Crippen LogP contribution in [0.15, 0.2) is 42.0 Å². The molecule has 4 N–H and O–H groups in total. The van der Waals surface area contributed by atoms with Crippen LogP contribution in [0.25, 0.3) is 21.3 Å². The van der Waals surface area contributed by atoms with Crippen LogP contribution >= 0.6 is 11.3 Å². The van der Waals surface area contributed by atoms with Crippen molar-refractivity contribution in [2.45, 2.75) is 6.92 Å². The summed E-state index contributed by atoms with van der Waals surface area (Å²) >= 11 is 1.44. The van der Waals surface area contributed by atoms with Gasteiger partial charge in [-0.15, -0.1) is 11.3 Å². The van der Waals surface area contributed by atoms with Crippen LogP contribution in [0.4, 0.5) is 29.1 Å². The number of nitrogens with two attached hydrogens (primary N) is 1. The molecule has 0 radical (unpaired) electrons. The first-order valence-corrected chi connectivity index (χ1v) is 14.3. The number of aromatic nitrogens is 4. The average molecular weight is 526 g/mol. The number of benzene rings is 1. The Kier molecular flexibility index (Phi) is 6.60. The van der Waals surface area contributed by atoms with Gasteiger partial charge in [0.2, 0.25) is 16.0 Å². The second-order valence-electron chi connectivity index (χ2n) is 8.52. The Morgan fingerprint density at radius 3 is 2.67 bits per heavy atom. The largest absolute Gasteiger partial charge is 0.382 e. The van der Waals surface area contributed by atoms with Crippen molar-refractivity contribution in [2.24, 2.45) is 0 Å². The zero-order chi connectivity index (χ0) is 25.3. The summed E-state index contributed by atoms with van der Waals surface area (Å²) < 4.78 is 26.6. The summed E-state index contributed by atoms with van der Waals surface area (Å²) in [4.78, 5) is 22.6. The number of nitrogens with zero attached hydrogens (tertiary/aromatic N) is 6. The molecule has 0 saturated carbocycles. The summed E-state index contributed by atoms with van der Waals surface area (Å²) in [6.07, 6.45) is 2.65. The molecule has 36 heavy (non-hydrogen) atoms. The summed E-state index contributed by atoms with van der Waals surface area (Å²) in [5, 5.41) is 5.11. The zero-order valence-electron chi connectivity index (χ0n) is 20.0. The van der Waals surface area contributed by atoms with Crippen LogP contribution in [0.3, 0.4) is 0 Å². The van der Waals surface area contributed by atoms with Crippen LogP contribution in [-0.2, 0) is 10.0 Å². The molecule has 5 rings (SSSR count). The quantitative estimate of drug-likeness (QED) is 0.329. The van der Waals surface area contributed by atoms with Crippen molar-refractivity contribution < 1.29 is 8.42 Å². The van der Waals surface area contributed by atoms with Crippen molar-refractivity contribution in [1.82, 2.24) is 24.8 Å². The molecule has 1 aromatic carbocycles. The highest BCUT2D eigenvalue weighted by Crippen LogP contribution is 2.37. The first kappa shape index (κ1) is 24.2. The number of piperazine rings is 1. The van der Waals surface area contributed by atoms with Crippen LogP contribution in [-0.4, -0.2) is 72.2 Å². The summed E-state index contributed by atoms with van der Waals surface area (Å²) in [5.74, 6) is 2.11. The fourth-order valence-corrected chi connectivity index (χ4v) is 5.63. The third kappa shape index (κ3) is 5.32. The molecule has 13 heteroatoms. The van der Waals surface area contributed by atoms with Gasteiger partial charge in [0.15, 0.2) is 0 Å². The molecule has 0 bridgehead atoms. The molecule has 11 nitrogen and oxygen atoms in total. The van der Waals surface area contributed by atoms with Gasteiger partial charge in [0.25, 0.3) is 0 Å². The molecule has 1 aliphatic rings. The van der Waals surface area contributed by atoms with Gasteiger partial charge in [-0.2, -0.15) is 4.98 Å². The first-order chi connectivity index (χ1) is 17.3. The van der Waals surface area contributed by atoms with E-state index >= 15 is 0 Å². The van der Waals surface area contributed by atoms with Gasteiger partial charge in [-0.1, -0.05) is 19.1 Å². The average Bonchev–Trinajstić information content (AvgIpc) is 3.28. The molecule has 0 aliphatic carbocycles. The molecular formula is C23H27N9O2S2. The number of fused-ring (bicyclic) bond motifs is 1. The second-order valence-corrected chi connectivity index (χ2v) is 11.2. The predicted molar refractivity (Wildman–Crippen MR) is 145 cm³/mol. The van der Waals surface area contributed by atoms with Gasteiger partial charge in [-0.25, -0.2) is 23.4 Å². The van der Waals surface area contributed by atoms with E-state index in [-0.39, 0.29) is 0 Å². The van der Waals surface area contributed by atoms with Crippen molar-refractivity contribution >= 4 is 60.7 Å². The summed E-state index contributed by atoms with van der Waals surface area (Å²) in [6.45, 7) is 7.04. The van der Waals surface area contributed by atoms with Gasteiger partial charge >= 0.3 is 0 Å². The van der Waals surface area contributed by atoms with Crippen LogP contribution in [0.1, 0.15) is 6.92 Å². The summed E-state index contributed by atoms with van der Waals surface area (Å²) in [5.41, 5.74) is 9.07. The molecule has 1 aliphatic heterocycles. The minimum atomic E-state index is -3.39. The van der Waals surface area contributed by atoms with E-state index in [9.17, 15) is 8.42 Å². The highest BCUT2D eigenvalue weighted by atomic mass is 32.2. The smallest absolute Gasteiger partial charge is 0.231 e. The number of sulfonamides is 1. The van der Waals surface area contributed by atoms with E-state index in [4.69, 9.17) is 10.7 Å². The van der Waals surface area contributed by atoms with Crippen molar-refractivity contribution in [2.75, 3.05) is 59.7 Å². The number of thiophene rings is 1. The third-order valence-corrected chi connectivity index (χ3v) is 7.55. The minimum Gasteiger partial charge on any atom is -0.382 e. The molecule has 3 aromatic heterocycles. The molecular weight excluding hydrogens is 498 g/mol. The lowest BCUT2D eigenvalue weighted by atomic mass is 10.1. The van der Waals surface area contributed by atoms with E-state index in [1.807, 2.05) is 17.5 Å². The van der Waals surface area contributed by atoms with E-state index in [2.05, 4.69) is 41.7 Å². The van der Waals surface area contributed by atoms with Gasteiger partial charge in [0.1, 0.15) is 23.8 Å². The topological polar surface area (TPSA) is 142 Å². The van der Waals surface area contributed by atoms with E-state index in [0.717, 1.165) is 60.6 Å². The Morgan fingerprint density at radius 2 is 1.92 bits per heavy atom. The zero-order valence-corrected chi connectivity index (χ0v) is 21.6. The molecule has 0 atom stereocenters. The number of nitrogen functional groups attached to an aromatic ring is 1. The van der Waals surface area contributed by atoms with E-state index < -0.39 is 10.0 Å². The monoisotopic (exact) mass is 525 g/mol. The molecule has 4 aromatic rings. The molecule has 0 unspecified atom stereocenters. The maximum absolute atomic E-state index is 11.7. The van der Waals surface area contributed by atoms with Crippen molar-refractivity contribution in [3.8, 4) is 11.1 Å². The number of nitrogens with one attached hydrogen (secondary N) is 2. The maximum atomic E-state index is 11.7.